The molecule has 0 unspecified atom stereocenters. The molecule has 0 spiro atoms. The van der Waals surface area contributed by atoms with Crippen molar-refractivity contribution in [3.05, 3.63) is 29.3 Å². The quantitative estimate of drug-likeness (QED) is 0.809. The molecule has 0 aliphatic heterocycles. The van der Waals surface area contributed by atoms with Gasteiger partial charge in [0.15, 0.2) is 0 Å². The standard InChI is InChI=1S/C14H17NO2/c1-6-14(3,4)15-13(16)11-8-7-10(2)12(9-11)17-5/h1,7-9H,2-5H3,(H,15,16). The smallest absolute Gasteiger partial charge is 0.252 e. The van der Waals surface area contributed by atoms with Crippen LogP contribution in [-0.2, 0) is 0 Å². The van der Waals surface area contributed by atoms with E-state index in [9.17, 15) is 4.79 Å². The van der Waals surface area contributed by atoms with Crippen molar-refractivity contribution in [1.82, 2.24) is 5.32 Å². The lowest BCUT2D eigenvalue weighted by Crippen LogP contribution is -2.42. The fourth-order valence-electron chi connectivity index (χ4n) is 1.35. The third-order valence-corrected chi connectivity index (χ3v) is 2.46. The molecular weight excluding hydrogens is 214 g/mol. The molecule has 0 radical (unpaired) electrons. The van der Waals surface area contributed by atoms with E-state index in [2.05, 4.69) is 11.2 Å². The van der Waals surface area contributed by atoms with Crippen molar-refractivity contribution >= 4 is 5.91 Å². The molecular formula is C14H17NO2. The van der Waals surface area contributed by atoms with Crippen molar-refractivity contribution in [2.75, 3.05) is 7.11 Å². The van der Waals surface area contributed by atoms with E-state index in [1.165, 1.54) is 0 Å². The molecule has 17 heavy (non-hydrogen) atoms. The molecule has 3 nitrogen and oxygen atoms in total. The maximum Gasteiger partial charge on any atom is 0.252 e. The number of nitrogens with one attached hydrogen (secondary N) is 1. The molecule has 0 aliphatic rings. The zero-order chi connectivity index (χ0) is 13.1. The van der Waals surface area contributed by atoms with Crippen LogP contribution in [0.15, 0.2) is 18.2 Å². The first kappa shape index (κ1) is 13.1. The predicted molar refractivity (Wildman–Crippen MR) is 68.1 cm³/mol. The average molecular weight is 231 g/mol. The van der Waals surface area contributed by atoms with E-state index in [4.69, 9.17) is 11.2 Å². The molecule has 0 heterocycles. The van der Waals surface area contributed by atoms with Crippen molar-refractivity contribution in [1.29, 1.82) is 0 Å². The summed E-state index contributed by atoms with van der Waals surface area (Å²) < 4.78 is 5.17. The Morgan fingerprint density at radius 1 is 1.47 bits per heavy atom. The lowest BCUT2D eigenvalue weighted by atomic mass is 10.1. The lowest BCUT2D eigenvalue weighted by Gasteiger charge is -2.19. The fraction of sp³-hybridized carbons (Fsp3) is 0.357. The van der Waals surface area contributed by atoms with Crippen LogP contribution in [0.4, 0.5) is 0 Å². The highest BCUT2D eigenvalue weighted by Crippen LogP contribution is 2.19. The number of methoxy groups -OCH3 is 1. The van der Waals surface area contributed by atoms with Gasteiger partial charge in [0.05, 0.1) is 12.6 Å². The van der Waals surface area contributed by atoms with E-state index in [1.807, 2.05) is 13.0 Å². The first-order chi connectivity index (χ1) is 7.89. The third-order valence-electron chi connectivity index (χ3n) is 2.46. The molecule has 0 atom stereocenters. The largest absolute Gasteiger partial charge is 0.496 e. The molecule has 0 aromatic heterocycles. The number of amides is 1. The van der Waals surface area contributed by atoms with Gasteiger partial charge in [0.25, 0.3) is 5.91 Å². The van der Waals surface area contributed by atoms with Crippen molar-refractivity contribution in [3.8, 4) is 18.1 Å². The summed E-state index contributed by atoms with van der Waals surface area (Å²) in [5, 5.41) is 2.76. The minimum Gasteiger partial charge on any atom is -0.496 e. The molecule has 0 saturated carbocycles. The zero-order valence-corrected chi connectivity index (χ0v) is 10.6. The molecule has 1 aromatic rings. The van der Waals surface area contributed by atoms with Crippen LogP contribution in [0.2, 0.25) is 0 Å². The topological polar surface area (TPSA) is 38.3 Å². The van der Waals surface area contributed by atoms with Gasteiger partial charge in [-0.3, -0.25) is 4.79 Å². The van der Waals surface area contributed by atoms with Gasteiger partial charge in [-0.15, -0.1) is 6.42 Å². The van der Waals surface area contributed by atoms with Crippen LogP contribution < -0.4 is 10.1 Å². The summed E-state index contributed by atoms with van der Waals surface area (Å²) in [4.78, 5) is 11.9. The predicted octanol–water partition coefficient (Wildman–Crippen LogP) is 2.15. The number of terminal acetylenes is 1. The minimum atomic E-state index is -0.658. The van der Waals surface area contributed by atoms with Crippen molar-refractivity contribution in [2.45, 2.75) is 26.3 Å². The summed E-state index contributed by atoms with van der Waals surface area (Å²) in [6, 6.07) is 5.30. The van der Waals surface area contributed by atoms with Gasteiger partial charge in [-0.2, -0.15) is 0 Å². The number of carbonyl (C=O) groups excluding carboxylic acids is 1. The fourth-order valence-corrected chi connectivity index (χ4v) is 1.35. The van der Waals surface area contributed by atoms with Crippen molar-refractivity contribution in [3.63, 3.8) is 0 Å². The Balaban J connectivity index is 2.95. The van der Waals surface area contributed by atoms with Gasteiger partial charge in [-0.05, 0) is 38.5 Å². The van der Waals surface area contributed by atoms with Gasteiger partial charge in [-0.1, -0.05) is 12.0 Å². The second-order valence-corrected chi connectivity index (χ2v) is 4.41. The summed E-state index contributed by atoms with van der Waals surface area (Å²) in [7, 11) is 1.58. The Morgan fingerprint density at radius 3 is 2.65 bits per heavy atom. The van der Waals surface area contributed by atoms with E-state index in [0.29, 0.717) is 11.3 Å². The lowest BCUT2D eigenvalue weighted by molar-refractivity contribution is 0.0929. The number of hydrogen-bond donors (Lipinski definition) is 1. The van der Waals surface area contributed by atoms with Crippen LogP contribution in [0.5, 0.6) is 5.75 Å². The second-order valence-electron chi connectivity index (χ2n) is 4.41. The normalized spacial score (nSPS) is 10.5. The number of rotatable bonds is 3. The Kier molecular flexibility index (Phi) is 3.80. The van der Waals surface area contributed by atoms with Crippen LogP contribution in [0.1, 0.15) is 29.8 Å². The van der Waals surface area contributed by atoms with E-state index < -0.39 is 5.54 Å². The second kappa shape index (κ2) is 4.92. The van der Waals surface area contributed by atoms with Crippen LogP contribution >= 0.6 is 0 Å². The molecule has 0 saturated heterocycles. The molecule has 1 rings (SSSR count). The van der Waals surface area contributed by atoms with E-state index in [1.54, 1.807) is 33.1 Å². The first-order valence-electron chi connectivity index (χ1n) is 5.34. The van der Waals surface area contributed by atoms with Gasteiger partial charge in [0.1, 0.15) is 5.75 Å². The van der Waals surface area contributed by atoms with Crippen LogP contribution in [-0.4, -0.2) is 18.6 Å². The number of aryl methyl sites for hydroxylation is 1. The molecule has 1 N–H and O–H groups in total. The molecule has 1 aromatic carbocycles. The molecule has 0 fully saturated rings. The number of hydrogen-bond acceptors (Lipinski definition) is 2. The van der Waals surface area contributed by atoms with E-state index in [-0.39, 0.29) is 5.91 Å². The molecule has 90 valence electrons. The monoisotopic (exact) mass is 231 g/mol. The number of ether oxygens (including phenoxy) is 1. The van der Waals surface area contributed by atoms with Gasteiger partial charge >= 0.3 is 0 Å². The molecule has 3 heteroatoms. The Morgan fingerprint density at radius 2 is 2.12 bits per heavy atom. The first-order valence-corrected chi connectivity index (χ1v) is 5.34. The van der Waals surface area contributed by atoms with Gasteiger partial charge in [-0.25, -0.2) is 0 Å². The zero-order valence-electron chi connectivity index (χ0n) is 10.6. The van der Waals surface area contributed by atoms with Crippen molar-refractivity contribution < 1.29 is 9.53 Å². The van der Waals surface area contributed by atoms with E-state index >= 15 is 0 Å². The number of carbonyl (C=O) groups is 1. The highest BCUT2D eigenvalue weighted by Gasteiger charge is 2.18. The van der Waals surface area contributed by atoms with Crippen LogP contribution in [0.25, 0.3) is 0 Å². The van der Waals surface area contributed by atoms with E-state index in [0.717, 1.165) is 5.56 Å². The maximum atomic E-state index is 11.9. The Hall–Kier alpha value is -1.95. The summed E-state index contributed by atoms with van der Waals surface area (Å²) in [6.07, 6.45) is 5.32. The minimum absolute atomic E-state index is 0.203. The highest BCUT2D eigenvalue weighted by atomic mass is 16.5. The summed E-state index contributed by atoms with van der Waals surface area (Å²) in [6.45, 7) is 5.47. The Labute approximate surface area is 102 Å². The summed E-state index contributed by atoms with van der Waals surface area (Å²) >= 11 is 0. The van der Waals surface area contributed by atoms with Crippen LogP contribution in [0.3, 0.4) is 0 Å². The maximum absolute atomic E-state index is 11.9. The van der Waals surface area contributed by atoms with Crippen LogP contribution in [0, 0.1) is 19.3 Å². The molecule has 1 amide bonds. The van der Waals surface area contributed by atoms with Gasteiger partial charge in [0, 0.05) is 5.56 Å². The average Bonchev–Trinajstić information content (AvgIpc) is 2.29. The van der Waals surface area contributed by atoms with Gasteiger partial charge < -0.3 is 10.1 Å². The SMILES string of the molecule is C#CC(C)(C)NC(=O)c1ccc(C)c(OC)c1. The highest BCUT2D eigenvalue weighted by molar-refractivity contribution is 5.95. The molecule has 0 aliphatic carbocycles. The summed E-state index contributed by atoms with van der Waals surface area (Å²) in [5.74, 6) is 3.01. The van der Waals surface area contributed by atoms with Crippen molar-refractivity contribution in [2.24, 2.45) is 0 Å². The molecule has 0 bridgehead atoms. The summed E-state index contributed by atoms with van der Waals surface area (Å²) in [5.41, 5.74) is 0.867. The number of benzene rings is 1. The third kappa shape index (κ3) is 3.25. The Bertz CT molecular complexity index is 470. The van der Waals surface area contributed by atoms with Gasteiger partial charge in [0.2, 0.25) is 0 Å².